The molecule has 3 N–H and O–H groups in total. The van der Waals surface area contributed by atoms with Crippen LogP contribution in [0, 0.1) is 6.92 Å². The number of anilines is 1. The van der Waals surface area contributed by atoms with Crippen LogP contribution in [0.4, 0.5) is 5.82 Å². The Labute approximate surface area is 100 Å². The zero-order valence-corrected chi connectivity index (χ0v) is 10.4. The van der Waals surface area contributed by atoms with Crippen LogP contribution in [0.3, 0.4) is 0 Å². The van der Waals surface area contributed by atoms with Crippen LogP contribution in [0.15, 0.2) is 0 Å². The van der Waals surface area contributed by atoms with E-state index in [2.05, 4.69) is 10.4 Å². The first-order chi connectivity index (χ1) is 7.97. The highest BCUT2D eigenvalue weighted by Gasteiger charge is 2.19. The van der Waals surface area contributed by atoms with Gasteiger partial charge in [0, 0.05) is 13.6 Å². The summed E-state index contributed by atoms with van der Waals surface area (Å²) in [6.07, 6.45) is 0.919. The molecule has 0 aromatic carbocycles. The summed E-state index contributed by atoms with van der Waals surface area (Å²) in [5, 5.41) is 25.6. The summed E-state index contributed by atoms with van der Waals surface area (Å²) in [4.78, 5) is 11.1. The van der Waals surface area contributed by atoms with E-state index in [-0.39, 0.29) is 11.7 Å². The van der Waals surface area contributed by atoms with E-state index in [4.69, 9.17) is 5.11 Å². The van der Waals surface area contributed by atoms with Crippen molar-refractivity contribution in [3.8, 4) is 0 Å². The number of nitrogens with one attached hydrogen (secondary N) is 1. The fraction of sp³-hybridized carbons (Fsp3) is 0.636. The molecule has 17 heavy (non-hydrogen) atoms. The number of aliphatic hydroxyl groups is 1. The maximum absolute atomic E-state index is 11.1. The molecule has 0 amide bonds. The third-order valence-corrected chi connectivity index (χ3v) is 2.68. The fourth-order valence-electron chi connectivity index (χ4n) is 1.68. The average molecular weight is 241 g/mol. The van der Waals surface area contributed by atoms with Crippen molar-refractivity contribution in [1.29, 1.82) is 0 Å². The molecule has 0 bridgehead atoms. The van der Waals surface area contributed by atoms with E-state index in [0.29, 0.717) is 30.9 Å². The molecule has 1 aromatic rings. The lowest BCUT2D eigenvalue weighted by atomic mass is 10.2. The number of carboxylic acids is 1. The third-order valence-electron chi connectivity index (χ3n) is 2.68. The van der Waals surface area contributed by atoms with Gasteiger partial charge in [0.2, 0.25) is 0 Å². The SMILES string of the molecule is CCC(O)CCNc1c(C(=O)O)c(C)nn1C. The first kappa shape index (κ1) is 13.5. The highest BCUT2D eigenvalue weighted by molar-refractivity contribution is 5.94. The third kappa shape index (κ3) is 3.20. The van der Waals surface area contributed by atoms with Gasteiger partial charge in [-0.2, -0.15) is 5.10 Å². The molecule has 1 unspecified atom stereocenters. The minimum absolute atomic E-state index is 0.193. The maximum atomic E-state index is 11.1. The zero-order valence-electron chi connectivity index (χ0n) is 10.4. The normalized spacial score (nSPS) is 12.5. The summed E-state index contributed by atoms with van der Waals surface area (Å²) in [6, 6.07) is 0. The van der Waals surface area contributed by atoms with Gasteiger partial charge < -0.3 is 15.5 Å². The van der Waals surface area contributed by atoms with Crippen LogP contribution < -0.4 is 5.32 Å². The molecule has 1 heterocycles. The molecule has 0 aliphatic carbocycles. The summed E-state index contributed by atoms with van der Waals surface area (Å²) < 4.78 is 1.51. The van der Waals surface area contributed by atoms with E-state index in [1.165, 1.54) is 4.68 Å². The fourth-order valence-corrected chi connectivity index (χ4v) is 1.68. The Morgan fingerprint density at radius 1 is 1.59 bits per heavy atom. The van der Waals surface area contributed by atoms with Crippen molar-refractivity contribution in [1.82, 2.24) is 9.78 Å². The molecule has 96 valence electrons. The molecule has 0 aliphatic heterocycles. The summed E-state index contributed by atoms with van der Waals surface area (Å²) in [5.41, 5.74) is 0.678. The van der Waals surface area contributed by atoms with Crippen LogP contribution in [0.25, 0.3) is 0 Å². The lowest BCUT2D eigenvalue weighted by Gasteiger charge is -2.10. The monoisotopic (exact) mass is 241 g/mol. The molecule has 0 radical (unpaired) electrons. The van der Waals surface area contributed by atoms with Crippen LogP contribution in [0.5, 0.6) is 0 Å². The number of aliphatic hydroxyl groups excluding tert-OH is 1. The second kappa shape index (κ2) is 5.67. The molecule has 6 heteroatoms. The minimum Gasteiger partial charge on any atom is -0.477 e. The Bertz CT molecular complexity index is 401. The predicted octanol–water partition coefficient (Wildman–Crippen LogP) is 1.000. The van der Waals surface area contributed by atoms with Crippen molar-refractivity contribution < 1.29 is 15.0 Å². The van der Waals surface area contributed by atoms with Crippen LogP contribution in [0.2, 0.25) is 0 Å². The average Bonchev–Trinajstić information content (AvgIpc) is 2.53. The molecule has 1 rings (SSSR count). The number of hydrogen-bond donors (Lipinski definition) is 3. The Balaban J connectivity index is 2.73. The van der Waals surface area contributed by atoms with Gasteiger partial charge in [-0.25, -0.2) is 4.79 Å². The standard InChI is InChI=1S/C11H19N3O3/c1-4-8(15)5-6-12-10-9(11(16)17)7(2)13-14(10)3/h8,12,15H,4-6H2,1-3H3,(H,16,17). The number of carboxylic acid groups (broad SMARTS) is 1. The smallest absolute Gasteiger partial charge is 0.341 e. The van der Waals surface area contributed by atoms with Crippen molar-refractivity contribution in [3.05, 3.63) is 11.3 Å². The molecule has 0 spiro atoms. The van der Waals surface area contributed by atoms with Gasteiger partial charge in [-0.3, -0.25) is 4.68 Å². The lowest BCUT2D eigenvalue weighted by Crippen LogP contribution is -2.15. The first-order valence-electron chi connectivity index (χ1n) is 5.66. The highest BCUT2D eigenvalue weighted by atomic mass is 16.4. The van der Waals surface area contributed by atoms with E-state index < -0.39 is 5.97 Å². The van der Waals surface area contributed by atoms with Gasteiger partial charge in [0.1, 0.15) is 11.4 Å². The molecule has 1 atom stereocenters. The van der Waals surface area contributed by atoms with Gasteiger partial charge in [0.25, 0.3) is 0 Å². The predicted molar refractivity (Wildman–Crippen MR) is 64.3 cm³/mol. The van der Waals surface area contributed by atoms with Crippen molar-refractivity contribution in [2.75, 3.05) is 11.9 Å². The molecule has 0 fully saturated rings. The topological polar surface area (TPSA) is 87.4 Å². The van der Waals surface area contributed by atoms with E-state index in [1.54, 1.807) is 14.0 Å². The zero-order chi connectivity index (χ0) is 13.0. The Kier molecular flexibility index (Phi) is 4.51. The second-order valence-electron chi connectivity index (χ2n) is 4.02. The second-order valence-corrected chi connectivity index (χ2v) is 4.02. The summed E-state index contributed by atoms with van der Waals surface area (Å²) >= 11 is 0. The minimum atomic E-state index is -0.992. The molecule has 0 aliphatic rings. The van der Waals surface area contributed by atoms with Crippen molar-refractivity contribution in [2.24, 2.45) is 7.05 Å². The number of rotatable bonds is 6. The summed E-state index contributed by atoms with van der Waals surface area (Å²) in [6.45, 7) is 4.09. The van der Waals surface area contributed by atoms with Crippen molar-refractivity contribution >= 4 is 11.8 Å². The number of aryl methyl sites for hydroxylation is 2. The first-order valence-corrected chi connectivity index (χ1v) is 5.66. The number of aromatic carboxylic acids is 1. The molecule has 0 saturated carbocycles. The molecule has 0 saturated heterocycles. The van der Waals surface area contributed by atoms with Gasteiger partial charge in [-0.05, 0) is 19.8 Å². The van der Waals surface area contributed by atoms with Crippen molar-refractivity contribution in [3.63, 3.8) is 0 Å². The summed E-state index contributed by atoms with van der Waals surface area (Å²) in [5.74, 6) is -0.507. The van der Waals surface area contributed by atoms with E-state index in [9.17, 15) is 9.90 Å². The van der Waals surface area contributed by atoms with Crippen LogP contribution in [-0.2, 0) is 7.05 Å². The van der Waals surface area contributed by atoms with Gasteiger partial charge in [-0.1, -0.05) is 6.92 Å². The number of nitrogens with zero attached hydrogens (tertiary/aromatic N) is 2. The van der Waals surface area contributed by atoms with Crippen molar-refractivity contribution in [2.45, 2.75) is 32.8 Å². The van der Waals surface area contributed by atoms with Crippen LogP contribution in [-0.4, -0.2) is 38.6 Å². The number of hydrogen-bond acceptors (Lipinski definition) is 4. The Morgan fingerprint density at radius 3 is 2.76 bits per heavy atom. The molecular weight excluding hydrogens is 222 g/mol. The Morgan fingerprint density at radius 2 is 2.24 bits per heavy atom. The lowest BCUT2D eigenvalue weighted by molar-refractivity contribution is 0.0697. The van der Waals surface area contributed by atoms with Crippen LogP contribution in [0.1, 0.15) is 35.8 Å². The quantitative estimate of drug-likeness (QED) is 0.691. The maximum Gasteiger partial charge on any atom is 0.341 e. The van der Waals surface area contributed by atoms with E-state index >= 15 is 0 Å². The molecule has 6 nitrogen and oxygen atoms in total. The van der Waals surface area contributed by atoms with Gasteiger partial charge >= 0.3 is 5.97 Å². The Hall–Kier alpha value is -1.56. The summed E-state index contributed by atoms with van der Waals surface area (Å²) in [7, 11) is 1.69. The van der Waals surface area contributed by atoms with Gasteiger partial charge in [-0.15, -0.1) is 0 Å². The van der Waals surface area contributed by atoms with Gasteiger partial charge in [0.05, 0.1) is 11.8 Å². The highest BCUT2D eigenvalue weighted by Crippen LogP contribution is 2.18. The largest absolute Gasteiger partial charge is 0.477 e. The number of carbonyl (C=O) groups is 1. The molecular formula is C11H19N3O3. The van der Waals surface area contributed by atoms with Crippen LogP contribution >= 0.6 is 0 Å². The van der Waals surface area contributed by atoms with E-state index in [1.807, 2.05) is 6.92 Å². The van der Waals surface area contributed by atoms with Gasteiger partial charge in [0.15, 0.2) is 0 Å². The molecule has 1 aromatic heterocycles. The number of aromatic nitrogens is 2. The van der Waals surface area contributed by atoms with E-state index in [0.717, 1.165) is 0 Å².